The second-order valence-electron chi connectivity index (χ2n) is 12.9. The van der Waals surface area contributed by atoms with E-state index in [1.54, 1.807) is 0 Å². The first kappa shape index (κ1) is 27.4. The Hall–Kier alpha value is -5.14. The van der Waals surface area contributed by atoms with E-state index in [-0.39, 0.29) is 0 Å². The molecule has 45 heavy (non-hydrogen) atoms. The third kappa shape index (κ3) is 4.80. The van der Waals surface area contributed by atoms with Gasteiger partial charge in [0.15, 0.2) is 0 Å². The van der Waals surface area contributed by atoms with Gasteiger partial charge in [0, 0.05) is 16.8 Å². The molecular formula is C44H37N. The Balaban J connectivity index is 1.48. The fraction of sp³-hybridized carbons (Fsp3) is 0.136. The van der Waals surface area contributed by atoms with Gasteiger partial charge < -0.3 is 4.90 Å². The molecule has 0 amide bonds. The maximum absolute atomic E-state index is 2.47. The Morgan fingerprint density at radius 1 is 0.533 bits per heavy atom. The highest BCUT2D eigenvalue weighted by molar-refractivity contribution is 6.26. The van der Waals surface area contributed by atoms with Crippen LogP contribution in [0.1, 0.15) is 39.8 Å². The Morgan fingerprint density at radius 3 is 1.76 bits per heavy atom. The molecule has 0 saturated heterocycles. The Morgan fingerprint density at radius 2 is 1.11 bits per heavy atom. The van der Waals surface area contributed by atoms with Crippen molar-refractivity contribution in [3.63, 3.8) is 0 Å². The molecule has 1 nitrogen and oxygen atoms in total. The van der Waals surface area contributed by atoms with Crippen LogP contribution in [0.25, 0.3) is 49.5 Å². The van der Waals surface area contributed by atoms with Crippen LogP contribution in [0.4, 0.5) is 17.1 Å². The standard InChI is InChI=1S/C44H37N/c1-28-19-29(2)22-36(21-28)45(37-23-30(3)20-31(4)24-37)43-27-35-26-42(34-18-17-32-11-5-6-12-33(32)25-34)38-13-7-9-15-40(38)44(35)41-16-10-8-14-39(41)43/h6-10,12-27H,5,11H2,1-4H3. The van der Waals surface area contributed by atoms with Gasteiger partial charge in [0.25, 0.3) is 0 Å². The molecule has 0 radical (unpaired) electrons. The van der Waals surface area contributed by atoms with Crippen LogP contribution >= 0.6 is 0 Å². The molecule has 0 fully saturated rings. The molecule has 1 heteroatoms. The molecule has 0 saturated carbocycles. The number of hydrogen-bond donors (Lipinski definition) is 0. The van der Waals surface area contributed by atoms with E-state index in [1.807, 2.05) is 0 Å². The molecule has 1 aliphatic rings. The van der Waals surface area contributed by atoms with Gasteiger partial charge in [-0.2, -0.15) is 0 Å². The van der Waals surface area contributed by atoms with Gasteiger partial charge >= 0.3 is 0 Å². The zero-order chi connectivity index (χ0) is 30.7. The van der Waals surface area contributed by atoms with Gasteiger partial charge in [-0.3, -0.25) is 0 Å². The topological polar surface area (TPSA) is 3.24 Å². The Labute approximate surface area is 266 Å². The summed E-state index contributed by atoms with van der Waals surface area (Å²) in [5.74, 6) is 0. The molecule has 0 aromatic heterocycles. The molecule has 0 heterocycles. The normalized spacial score (nSPS) is 12.6. The quantitative estimate of drug-likeness (QED) is 0.187. The van der Waals surface area contributed by atoms with Crippen molar-refractivity contribution in [1.29, 1.82) is 0 Å². The summed E-state index contributed by atoms with van der Waals surface area (Å²) in [5, 5.41) is 7.69. The maximum Gasteiger partial charge on any atom is 0.0546 e. The molecular weight excluding hydrogens is 542 g/mol. The number of hydrogen-bond acceptors (Lipinski definition) is 1. The molecule has 8 rings (SSSR count). The highest BCUT2D eigenvalue weighted by Gasteiger charge is 2.20. The summed E-state index contributed by atoms with van der Waals surface area (Å²) in [7, 11) is 0. The molecule has 7 aromatic rings. The second kappa shape index (κ2) is 10.8. The van der Waals surface area contributed by atoms with Gasteiger partial charge in [-0.1, -0.05) is 84.9 Å². The van der Waals surface area contributed by atoms with E-state index in [0.717, 1.165) is 12.8 Å². The summed E-state index contributed by atoms with van der Waals surface area (Å²) in [6.45, 7) is 8.78. The summed E-state index contributed by atoms with van der Waals surface area (Å²) >= 11 is 0. The Bertz CT molecular complexity index is 2230. The molecule has 0 spiro atoms. The lowest BCUT2D eigenvalue weighted by molar-refractivity contribution is 0.986. The van der Waals surface area contributed by atoms with E-state index in [1.165, 1.54) is 93.9 Å². The highest BCUT2D eigenvalue weighted by Crippen LogP contribution is 2.46. The number of rotatable bonds is 4. The molecule has 7 aromatic carbocycles. The van der Waals surface area contributed by atoms with Crippen LogP contribution < -0.4 is 4.90 Å². The van der Waals surface area contributed by atoms with Crippen molar-refractivity contribution in [3.05, 3.63) is 155 Å². The number of aryl methyl sites for hydroxylation is 5. The molecule has 0 bridgehead atoms. The summed E-state index contributed by atoms with van der Waals surface area (Å²) in [6, 6.07) is 43.6. The number of anilines is 3. The first-order chi connectivity index (χ1) is 21.9. The predicted molar refractivity (Wildman–Crippen MR) is 195 cm³/mol. The fourth-order valence-electron chi connectivity index (χ4n) is 7.57. The number of benzene rings is 7. The highest BCUT2D eigenvalue weighted by atomic mass is 15.1. The molecule has 0 aliphatic heterocycles. The minimum Gasteiger partial charge on any atom is -0.310 e. The van der Waals surface area contributed by atoms with Crippen LogP contribution in [-0.2, 0) is 6.42 Å². The van der Waals surface area contributed by atoms with E-state index in [4.69, 9.17) is 0 Å². The van der Waals surface area contributed by atoms with Gasteiger partial charge in [-0.25, -0.2) is 0 Å². The largest absolute Gasteiger partial charge is 0.310 e. The van der Waals surface area contributed by atoms with Crippen LogP contribution in [0, 0.1) is 27.7 Å². The summed E-state index contributed by atoms with van der Waals surface area (Å²) in [6.07, 6.45) is 6.84. The van der Waals surface area contributed by atoms with Crippen LogP contribution in [0.15, 0.2) is 121 Å². The first-order valence-corrected chi connectivity index (χ1v) is 16.1. The van der Waals surface area contributed by atoms with E-state index < -0.39 is 0 Å². The molecule has 218 valence electrons. The van der Waals surface area contributed by atoms with Crippen LogP contribution in [0.2, 0.25) is 0 Å². The predicted octanol–water partition coefficient (Wildman–Crippen LogP) is 12.5. The molecule has 0 atom stereocenters. The summed E-state index contributed by atoms with van der Waals surface area (Å²) in [5.41, 5.74) is 14.0. The van der Waals surface area contributed by atoms with Crippen LogP contribution in [-0.4, -0.2) is 0 Å². The van der Waals surface area contributed by atoms with Crippen molar-refractivity contribution >= 4 is 55.5 Å². The maximum atomic E-state index is 2.47. The number of nitrogens with zero attached hydrogens (tertiary/aromatic N) is 1. The average Bonchev–Trinajstić information content (AvgIpc) is 3.03. The van der Waals surface area contributed by atoms with Crippen molar-refractivity contribution < 1.29 is 0 Å². The SMILES string of the molecule is Cc1cc(C)cc(N(c2cc(C)cc(C)c2)c2cc3cc(-c4ccc5c(c4)C=CCC5)c4ccccc4c3c3ccccc23)c1. The van der Waals surface area contributed by atoms with Crippen molar-refractivity contribution in [2.75, 3.05) is 4.90 Å². The van der Waals surface area contributed by atoms with Crippen molar-refractivity contribution in [2.24, 2.45) is 0 Å². The van der Waals surface area contributed by atoms with Gasteiger partial charge in [0.05, 0.1) is 5.69 Å². The zero-order valence-electron chi connectivity index (χ0n) is 26.5. The Kier molecular flexibility index (Phi) is 6.57. The van der Waals surface area contributed by atoms with E-state index >= 15 is 0 Å². The number of fused-ring (bicyclic) bond motifs is 6. The third-order valence-electron chi connectivity index (χ3n) is 9.34. The second-order valence-corrected chi connectivity index (χ2v) is 12.9. The minimum atomic E-state index is 1.12. The summed E-state index contributed by atoms with van der Waals surface area (Å²) < 4.78 is 0. The monoisotopic (exact) mass is 579 g/mol. The lowest BCUT2D eigenvalue weighted by Crippen LogP contribution is -2.12. The van der Waals surface area contributed by atoms with E-state index in [2.05, 4.69) is 160 Å². The lowest BCUT2D eigenvalue weighted by Gasteiger charge is -2.29. The first-order valence-electron chi connectivity index (χ1n) is 16.1. The fourth-order valence-corrected chi connectivity index (χ4v) is 7.57. The van der Waals surface area contributed by atoms with Gasteiger partial charge in [0.1, 0.15) is 0 Å². The van der Waals surface area contributed by atoms with Crippen molar-refractivity contribution in [1.82, 2.24) is 0 Å². The molecule has 1 aliphatic carbocycles. The minimum absolute atomic E-state index is 1.12. The van der Waals surface area contributed by atoms with Crippen molar-refractivity contribution in [3.8, 4) is 11.1 Å². The number of allylic oxidation sites excluding steroid dienone is 1. The van der Waals surface area contributed by atoms with Crippen LogP contribution in [0.3, 0.4) is 0 Å². The van der Waals surface area contributed by atoms with Crippen LogP contribution in [0.5, 0.6) is 0 Å². The third-order valence-corrected chi connectivity index (χ3v) is 9.34. The molecule has 0 N–H and O–H groups in total. The van der Waals surface area contributed by atoms with Gasteiger partial charge in [0.2, 0.25) is 0 Å². The average molecular weight is 580 g/mol. The van der Waals surface area contributed by atoms with Crippen molar-refractivity contribution in [2.45, 2.75) is 40.5 Å². The summed E-state index contributed by atoms with van der Waals surface area (Å²) in [4.78, 5) is 2.47. The van der Waals surface area contributed by atoms with Gasteiger partial charge in [-0.15, -0.1) is 0 Å². The zero-order valence-corrected chi connectivity index (χ0v) is 26.5. The van der Waals surface area contributed by atoms with Gasteiger partial charge in [-0.05, 0) is 154 Å². The van der Waals surface area contributed by atoms with E-state index in [9.17, 15) is 0 Å². The van der Waals surface area contributed by atoms with E-state index in [0.29, 0.717) is 0 Å². The molecule has 0 unspecified atom stereocenters. The lowest BCUT2D eigenvalue weighted by atomic mass is 9.88. The smallest absolute Gasteiger partial charge is 0.0546 e.